The molecule has 0 aliphatic carbocycles. The van der Waals surface area contributed by atoms with Crippen molar-refractivity contribution in [3.05, 3.63) is 131 Å². The summed E-state index contributed by atoms with van der Waals surface area (Å²) in [6.45, 7) is 5.74. The fourth-order valence-electron chi connectivity index (χ4n) is 4.02. The van der Waals surface area contributed by atoms with E-state index in [4.69, 9.17) is 0 Å². The Morgan fingerprint density at radius 3 is 2.26 bits per heavy atom. The van der Waals surface area contributed by atoms with Gasteiger partial charge in [-0.25, -0.2) is 0 Å². The molecule has 1 aromatic heterocycles. The summed E-state index contributed by atoms with van der Waals surface area (Å²) in [6.07, 6.45) is 2.17. The van der Waals surface area contributed by atoms with Crippen molar-refractivity contribution < 1.29 is 4.90 Å². The Kier molecular flexibility index (Phi) is 6.62. The number of benzene rings is 3. The highest BCUT2D eigenvalue weighted by Crippen LogP contribution is 2.10. The first-order valence-electron chi connectivity index (χ1n) is 10.8. The van der Waals surface area contributed by atoms with E-state index in [9.17, 15) is 5.26 Å². The Labute approximate surface area is 184 Å². The molecule has 154 valence electrons. The Hall–Kier alpha value is -3.61. The molecular weight excluding hydrogens is 378 g/mol. The molecule has 0 aliphatic heterocycles. The van der Waals surface area contributed by atoms with Gasteiger partial charge < -0.3 is 9.47 Å². The number of aromatic nitrogens is 1. The Bertz CT molecular complexity index is 1150. The lowest BCUT2D eigenvalue weighted by atomic mass is 10.1. The van der Waals surface area contributed by atoms with E-state index in [1.54, 1.807) is 0 Å². The highest BCUT2D eigenvalue weighted by Gasteiger charge is 2.15. The van der Waals surface area contributed by atoms with Crippen LogP contribution in [0.15, 0.2) is 97.2 Å². The van der Waals surface area contributed by atoms with Crippen molar-refractivity contribution in [1.82, 2.24) is 4.57 Å². The molecule has 0 fully saturated rings. The Morgan fingerprint density at radius 1 is 0.742 bits per heavy atom. The second-order valence-corrected chi connectivity index (χ2v) is 8.19. The fraction of sp³-hybridized carbons (Fsp3) is 0.179. The molecule has 3 nitrogen and oxygen atoms in total. The Morgan fingerprint density at radius 2 is 1.48 bits per heavy atom. The van der Waals surface area contributed by atoms with Crippen LogP contribution in [-0.2, 0) is 26.2 Å². The van der Waals surface area contributed by atoms with E-state index >= 15 is 0 Å². The van der Waals surface area contributed by atoms with Crippen LogP contribution in [0.4, 0.5) is 0 Å². The van der Waals surface area contributed by atoms with Crippen molar-refractivity contribution in [2.45, 2.75) is 33.1 Å². The molecule has 4 aromatic rings. The van der Waals surface area contributed by atoms with Gasteiger partial charge in [-0.2, -0.15) is 5.26 Å². The van der Waals surface area contributed by atoms with Crippen LogP contribution in [-0.4, -0.2) is 4.57 Å². The quantitative estimate of drug-likeness (QED) is 0.459. The molecule has 1 unspecified atom stereocenters. The average Bonchev–Trinajstić information content (AvgIpc) is 3.22. The average molecular weight is 407 g/mol. The third-order valence-corrected chi connectivity index (χ3v) is 5.64. The minimum absolute atomic E-state index is 0.722. The van der Waals surface area contributed by atoms with Gasteiger partial charge in [0.05, 0.1) is 17.3 Å². The number of nitrogens with one attached hydrogen (secondary N) is 1. The van der Waals surface area contributed by atoms with Crippen LogP contribution < -0.4 is 4.90 Å². The van der Waals surface area contributed by atoms with E-state index in [0.717, 1.165) is 31.7 Å². The summed E-state index contributed by atoms with van der Waals surface area (Å²) < 4.78 is 2.35. The zero-order valence-electron chi connectivity index (χ0n) is 18.0. The van der Waals surface area contributed by atoms with Crippen LogP contribution in [0.3, 0.4) is 0 Å². The third-order valence-electron chi connectivity index (χ3n) is 5.64. The van der Waals surface area contributed by atoms with Gasteiger partial charge in [0.2, 0.25) is 0 Å². The summed E-state index contributed by atoms with van der Waals surface area (Å²) in [5.41, 5.74) is 7.17. The first kappa shape index (κ1) is 20.7. The number of hydrogen-bond donors (Lipinski definition) is 1. The maximum atomic E-state index is 9.27. The van der Waals surface area contributed by atoms with E-state index in [1.165, 1.54) is 32.8 Å². The summed E-state index contributed by atoms with van der Waals surface area (Å²) in [6, 6.07) is 34.0. The zero-order valence-corrected chi connectivity index (χ0v) is 18.0. The molecule has 0 bridgehead atoms. The van der Waals surface area contributed by atoms with Crippen LogP contribution in [0.1, 0.15) is 33.5 Å². The molecule has 0 saturated heterocycles. The summed E-state index contributed by atoms with van der Waals surface area (Å²) in [5, 5.41) is 9.27. The topological polar surface area (TPSA) is 33.2 Å². The molecule has 0 aliphatic rings. The summed E-state index contributed by atoms with van der Waals surface area (Å²) in [4.78, 5) is 1.45. The molecule has 1 heterocycles. The molecular formula is C28H28N3+. The van der Waals surface area contributed by atoms with Crippen molar-refractivity contribution in [3.8, 4) is 6.07 Å². The molecule has 3 heteroatoms. The number of nitriles is 1. The second kappa shape index (κ2) is 9.93. The van der Waals surface area contributed by atoms with Gasteiger partial charge in [0, 0.05) is 23.9 Å². The van der Waals surface area contributed by atoms with Crippen LogP contribution in [0.2, 0.25) is 0 Å². The smallest absolute Gasteiger partial charge is 0.119 e. The molecule has 0 spiro atoms. The predicted octanol–water partition coefficient (Wildman–Crippen LogP) is 4.50. The standard InChI is InChI=1S/C28H27N3/c1-23-12-14-25(15-13-23)21-31-16-6-11-28(31)22-30(19-24-7-3-2-4-8-24)20-27-10-5-9-26(17-27)18-29/h2-17H,19-22H2,1H3/p+1. The zero-order chi connectivity index (χ0) is 21.5. The lowest BCUT2D eigenvalue weighted by Gasteiger charge is -2.21. The third kappa shape index (κ3) is 5.72. The fourth-order valence-corrected chi connectivity index (χ4v) is 4.02. The monoisotopic (exact) mass is 406 g/mol. The van der Waals surface area contributed by atoms with Crippen molar-refractivity contribution in [2.24, 2.45) is 0 Å². The van der Waals surface area contributed by atoms with E-state index in [1.807, 2.05) is 18.2 Å². The SMILES string of the molecule is Cc1ccc(Cn2cccc2C[NH+](Cc2ccccc2)Cc2cccc(C#N)c2)cc1. The number of hydrogen-bond acceptors (Lipinski definition) is 1. The van der Waals surface area contributed by atoms with Gasteiger partial charge in [-0.3, -0.25) is 0 Å². The molecule has 0 saturated carbocycles. The molecule has 0 radical (unpaired) electrons. The van der Waals surface area contributed by atoms with Gasteiger partial charge in [-0.1, -0.05) is 72.3 Å². The van der Waals surface area contributed by atoms with E-state index in [-0.39, 0.29) is 0 Å². The normalized spacial score (nSPS) is 11.7. The van der Waals surface area contributed by atoms with Gasteiger partial charge >= 0.3 is 0 Å². The van der Waals surface area contributed by atoms with Crippen molar-refractivity contribution in [3.63, 3.8) is 0 Å². The molecule has 4 rings (SSSR count). The lowest BCUT2D eigenvalue weighted by Crippen LogP contribution is -3.08. The highest BCUT2D eigenvalue weighted by atomic mass is 15.1. The van der Waals surface area contributed by atoms with Crippen molar-refractivity contribution in [2.75, 3.05) is 0 Å². The first-order valence-corrected chi connectivity index (χ1v) is 10.8. The molecule has 1 atom stereocenters. The summed E-state index contributed by atoms with van der Waals surface area (Å²) in [5.74, 6) is 0. The van der Waals surface area contributed by atoms with Gasteiger partial charge in [0.1, 0.15) is 19.6 Å². The van der Waals surface area contributed by atoms with Gasteiger partial charge in [-0.05, 0) is 36.8 Å². The molecule has 31 heavy (non-hydrogen) atoms. The first-order chi connectivity index (χ1) is 15.2. The van der Waals surface area contributed by atoms with E-state index < -0.39 is 0 Å². The van der Waals surface area contributed by atoms with Gasteiger partial charge in [0.25, 0.3) is 0 Å². The Balaban J connectivity index is 1.55. The minimum Gasteiger partial charge on any atom is -0.342 e. The highest BCUT2D eigenvalue weighted by molar-refractivity contribution is 5.32. The van der Waals surface area contributed by atoms with Gasteiger partial charge in [-0.15, -0.1) is 0 Å². The summed E-state index contributed by atoms with van der Waals surface area (Å²) >= 11 is 0. The van der Waals surface area contributed by atoms with Crippen LogP contribution >= 0.6 is 0 Å². The minimum atomic E-state index is 0.722. The van der Waals surface area contributed by atoms with E-state index in [0.29, 0.717) is 0 Å². The van der Waals surface area contributed by atoms with Crippen LogP contribution in [0.25, 0.3) is 0 Å². The van der Waals surface area contributed by atoms with Crippen molar-refractivity contribution >= 4 is 0 Å². The predicted molar refractivity (Wildman–Crippen MR) is 124 cm³/mol. The lowest BCUT2D eigenvalue weighted by molar-refractivity contribution is -0.941. The number of quaternary nitrogens is 1. The maximum Gasteiger partial charge on any atom is 0.119 e. The summed E-state index contributed by atoms with van der Waals surface area (Å²) in [7, 11) is 0. The second-order valence-electron chi connectivity index (χ2n) is 8.19. The largest absolute Gasteiger partial charge is 0.342 e. The number of nitrogens with zero attached hydrogens (tertiary/aromatic N) is 2. The van der Waals surface area contributed by atoms with Crippen LogP contribution in [0, 0.1) is 18.3 Å². The maximum absolute atomic E-state index is 9.27. The molecule has 0 amide bonds. The van der Waals surface area contributed by atoms with Crippen LogP contribution in [0.5, 0.6) is 0 Å². The van der Waals surface area contributed by atoms with E-state index in [2.05, 4.69) is 96.6 Å². The molecule has 1 N–H and O–H groups in total. The van der Waals surface area contributed by atoms with Gasteiger partial charge in [0.15, 0.2) is 0 Å². The molecule has 3 aromatic carbocycles. The van der Waals surface area contributed by atoms with Crippen molar-refractivity contribution in [1.29, 1.82) is 5.26 Å². The number of rotatable bonds is 8. The number of aryl methyl sites for hydroxylation is 1.